The van der Waals surface area contributed by atoms with Crippen molar-refractivity contribution in [2.24, 2.45) is 0 Å². The van der Waals surface area contributed by atoms with Crippen LogP contribution >= 0.6 is 0 Å². The summed E-state index contributed by atoms with van der Waals surface area (Å²) in [5, 5.41) is 0. The van der Waals surface area contributed by atoms with Crippen molar-refractivity contribution in [1.82, 2.24) is 9.88 Å². The van der Waals surface area contributed by atoms with Crippen molar-refractivity contribution in [2.75, 3.05) is 52.4 Å². The van der Waals surface area contributed by atoms with Gasteiger partial charge in [-0.25, -0.2) is 4.98 Å². The fraction of sp³-hybridized carbons (Fsp3) is 0.320. The van der Waals surface area contributed by atoms with E-state index in [-0.39, 0.29) is 0 Å². The van der Waals surface area contributed by atoms with Crippen LogP contribution in [0.3, 0.4) is 0 Å². The monoisotopic (exact) mass is 419 g/mol. The summed E-state index contributed by atoms with van der Waals surface area (Å²) < 4.78 is 16.4. The minimum atomic E-state index is 0.757. The first-order valence-electron chi connectivity index (χ1n) is 10.5. The number of anilines is 1. The quantitative estimate of drug-likeness (QED) is 0.575. The van der Waals surface area contributed by atoms with E-state index in [2.05, 4.69) is 21.9 Å². The summed E-state index contributed by atoms with van der Waals surface area (Å²) in [6, 6.07) is 20.2. The van der Waals surface area contributed by atoms with Gasteiger partial charge in [0.2, 0.25) is 0 Å². The predicted molar refractivity (Wildman–Crippen MR) is 123 cm³/mol. The lowest BCUT2D eigenvalue weighted by Crippen LogP contribution is -2.46. The third-order valence-corrected chi connectivity index (χ3v) is 5.71. The number of piperazine rings is 1. The van der Waals surface area contributed by atoms with E-state index >= 15 is 0 Å². The van der Waals surface area contributed by atoms with E-state index in [4.69, 9.17) is 19.2 Å². The van der Waals surface area contributed by atoms with E-state index in [0.717, 1.165) is 72.6 Å². The highest BCUT2D eigenvalue weighted by molar-refractivity contribution is 5.61. The molecule has 162 valence electrons. The minimum absolute atomic E-state index is 0.757. The van der Waals surface area contributed by atoms with E-state index in [0.29, 0.717) is 0 Å². The molecule has 1 saturated heterocycles. The SMILES string of the molecule is COc1ccc(-c2ccc(OC)c(CN3CCN(c4ccccc4OC)CC3)n2)cc1. The van der Waals surface area contributed by atoms with E-state index in [9.17, 15) is 0 Å². The number of hydrogen-bond acceptors (Lipinski definition) is 6. The summed E-state index contributed by atoms with van der Waals surface area (Å²) in [6.45, 7) is 4.56. The molecule has 6 nitrogen and oxygen atoms in total. The molecule has 0 N–H and O–H groups in total. The zero-order valence-corrected chi connectivity index (χ0v) is 18.4. The number of ether oxygens (including phenoxy) is 3. The molecule has 0 spiro atoms. The van der Waals surface area contributed by atoms with E-state index < -0.39 is 0 Å². The number of methoxy groups -OCH3 is 3. The maximum absolute atomic E-state index is 5.60. The van der Waals surface area contributed by atoms with Gasteiger partial charge < -0.3 is 19.1 Å². The fourth-order valence-corrected chi connectivity index (χ4v) is 3.96. The van der Waals surface area contributed by atoms with E-state index in [1.165, 1.54) is 0 Å². The summed E-state index contributed by atoms with van der Waals surface area (Å²) in [4.78, 5) is 9.73. The van der Waals surface area contributed by atoms with Gasteiger partial charge in [0, 0.05) is 38.3 Å². The van der Waals surface area contributed by atoms with E-state index in [1.807, 2.05) is 48.5 Å². The Labute approximate surface area is 184 Å². The first kappa shape index (κ1) is 21.0. The molecule has 0 saturated carbocycles. The normalized spacial score (nSPS) is 14.4. The summed E-state index contributed by atoms with van der Waals surface area (Å²) >= 11 is 0. The van der Waals surface area contributed by atoms with Crippen molar-refractivity contribution >= 4 is 5.69 Å². The molecule has 2 aromatic carbocycles. The number of aromatic nitrogens is 1. The zero-order valence-electron chi connectivity index (χ0n) is 18.4. The second-order valence-corrected chi connectivity index (χ2v) is 7.51. The summed E-state index contributed by atoms with van der Waals surface area (Å²) in [5.41, 5.74) is 4.11. The zero-order chi connectivity index (χ0) is 21.6. The van der Waals surface area contributed by atoms with Crippen LogP contribution in [-0.4, -0.2) is 57.4 Å². The number of hydrogen-bond donors (Lipinski definition) is 0. The molecule has 1 aliphatic rings. The third kappa shape index (κ3) is 4.75. The molecular weight excluding hydrogens is 390 g/mol. The molecule has 1 aliphatic heterocycles. The van der Waals surface area contributed by atoms with Crippen molar-refractivity contribution in [1.29, 1.82) is 0 Å². The molecule has 1 fully saturated rings. The van der Waals surface area contributed by atoms with Crippen molar-refractivity contribution < 1.29 is 14.2 Å². The molecule has 4 rings (SSSR count). The number of rotatable bonds is 7. The summed E-state index contributed by atoms with van der Waals surface area (Å²) in [7, 11) is 5.10. The fourth-order valence-electron chi connectivity index (χ4n) is 3.96. The molecule has 0 amide bonds. The Kier molecular flexibility index (Phi) is 6.57. The van der Waals surface area contributed by atoms with Gasteiger partial charge in [-0.15, -0.1) is 0 Å². The Morgan fingerprint density at radius 1 is 0.742 bits per heavy atom. The number of para-hydroxylation sites is 2. The van der Waals surface area contributed by atoms with Gasteiger partial charge in [-0.05, 0) is 48.5 Å². The van der Waals surface area contributed by atoms with Crippen molar-refractivity contribution in [3.05, 3.63) is 66.4 Å². The second-order valence-electron chi connectivity index (χ2n) is 7.51. The van der Waals surface area contributed by atoms with Crippen LogP contribution in [0.4, 0.5) is 5.69 Å². The van der Waals surface area contributed by atoms with Crippen LogP contribution in [0, 0.1) is 0 Å². The van der Waals surface area contributed by atoms with Crippen LogP contribution in [0.2, 0.25) is 0 Å². The molecule has 0 bridgehead atoms. The first-order valence-corrected chi connectivity index (χ1v) is 10.5. The van der Waals surface area contributed by atoms with Crippen LogP contribution < -0.4 is 19.1 Å². The van der Waals surface area contributed by atoms with Gasteiger partial charge in [0.05, 0.1) is 38.4 Å². The Bertz CT molecular complexity index is 999. The molecular formula is C25H29N3O3. The molecule has 31 heavy (non-hydrogen) atoms. The van der Waals surface area contributed by atoms with Crippen LogP contribution in [-0.2, 0) is 6.54 Å². The van der Waals surface area contributed by atoms with Crippen molar-refractivity contribution in [3.63, 3.8) is 0 Å². The molecule has 3 aromatic rings. The van der Waals surface area contributed by atoms with Crippen LogP contribution in [0.1, 0.15) is 5.69 Å². The van der Waals surface area contributed by atoms with Gasteiger partial charge in [0.25, 0.3) is 0 Å². The molecule has 2 heterocycles. The van der Waals surface area contributed by atoms with E-state index in [1.54, 1.807) is 21.3 Å². The Hall–Kier alpha value is -3.25. The van der Waals surface area contributed by atoms with Crippen molar-refractivity contribution in [3.8, 4) is 28.5 Å². The third-order valence-electron chi connectivity index (χ3n) is 5.71. The Morgan fingerprint density at radius 3 is 2.13 bits per heavy atom. The van der Waals surface area contributed by atoms with Crippen LogP contribution in [0.15, 0.2) is 60.7 Å². The summed E-state index contributed by atoms with van der Waals surface area (Å²) in [5.74, 6) is 2.58. The first-order chi connectivity index (χ1) is 15.2. The van der Waals surface area contributed by atoms with Crippen LogP contribution in [0.25, 0.3) is 11.3 Å². The lowest BCUT2D eigenvalue weighted by atomic mass is 10.1. The minimum Gasteiger partial charge on any atom is -0.497 e. The maximum Gasteiger partial charge on any atom is 0.142 e. The smallest absolute Gasteiger partial charge is 0.142 e. The molecule has 1 aromatic heterocycles. The maximum atomic E-state index is 5.60. The number of nitrogens with zero attached hydrogens (tertiary/aromatic N) is 3. The lowest BCUT2D eigenvalue weighted by Gasteiger charge is -2.36. The Balaban J connectivity index is 1.46. The number of pyridine rings is 1. The van der Waals surface area contributed by atoms with Crippen LogP contribution in [0.5, 0.6) is 17.2 Å². The van der Waals surface area contributed by atoms with Gasteiger partial charge in [0.15, 0.2) is 0 Å². The molecule has 0 unspecified atom stereocenters. The molecule has 0 aliphatic carbocycles. The summed E-state index contributed by atoms with van der Waals surface area (Å²) in [6.07, 6.45) is 0. The van der Waals surface area contributed by atoms with Gasteiger partial charge in [-0.3, -0.25) is 4.90 Å². The largest absolute Gasteiger partial charge is 0.497 e. The van der Waals surface area contributed by atoms with Gasteiger partial charge in [-0.2, -0.15) is 0 Å². The van der Waals surface area contributed by atoms with Gasteiger partial charge in [-0.1, -0.05) is 12.1 Å². The predicted octanol–water partition coefficient (Wildman–Crippen LogP) is 4.10. The highest BCUT2D eigenvalue weighted by atomic mass is 16.5. The number of benzene rings is 2. The molecule has 0 radical (unpaired) electrons. The van der Waals surface area contributed by atoms with Gasteiger partial charge in [0.1, 0.15) is 17.2 Å². The molecule has 0 atom stereocenters. The Morgan fingerprint density at radius 2 is 1.45 bits per heavy atom. The van der Waals surface area contributed by atoms with Gasteiger partial charge >= 0.3 is 0 Å². The lowest BCUT2D eigenvalue weighted by molar-refractivity contribution is 0.242. The molecule has 6 heteroatoms. The highest BCUT2D eigenvalue weighted by Crippen LogP contribution is 2.29. The highest BCUT2D eigenvalue weighted by Gasteiger charge is 2.21. The van der Waals surface area contributed by atoms with Crippen molar-refractivity contribution in [2.45, 2.75) is 6.54 Å². The average molecular weight is 420 g/mol. The second kappa shape index (κ2) is 9.71. The average Bonchev–Trinajstić information content (AvgIpc) is 2.84. The standard InChI is InChI=1S/C25H29N3O3/c1-29-20-10-8-19(9-11-20)21-12-13-24(30-2)22(26-21)18-27-14-16-28(17-15-27)23-6-4-5-7-25(23)31-3/h4-13H,14-18H2,1-3H3. The topological polar surface area (TPSA) is 47.1 Å².